The molecule has 11 heteroatoms. The van der Waals surface area contributed by atoms with Crippen LogP contribution in [-0.4, -0.2) is 32.5 Å². The Morgan fingerprint density at radius 3 is 2.58 bits per heavy atom. The van der Waals surface area contributed by atoms with Crippen molar-refractivity contribution in [1.82, 2.24) is 19.7 Å². The third-order valence-corrected chi connectivity index (χ3v) is 5.72. The van der Waals surface area contributed by atoms with Crippen LogP contribution >= 0.6 is 11.6 Å². The first-order chi connectivity index (χ1) is 14.5. The lowest BCUT2D eigenvalue weighted by Crippen LogP contribution is -2.29. The predicted molar refractivity (Wildman–Crippen MR) is 110 cm³/mol. The molecule has 2 aromatic heterocycles. The molecule has 0 aromatic carbocycles. The molecule has 0 saturated heterocycles. The van der Waals surface area contributed by atoms with Gasteiger partial charge in [-0.2, -0.15) is 27.9 Å². The van der Waals surface area contributed by atoms with Gasteiger partial charge in [0.05, 0.1) is 36.3 Å². The summed E-state index contributed by atoms with van der Waals surface area (Å²) in [6.07, 6.45) is 0.109. The van der Waals surface area contributed by atoms with Crippen molar-refractivity contribution in [1.29, 1.82) is 0 Å². The zero-order valence-electron chi connectivity index (χ0n) is 17.5. The molecule has 0 radical (unpaired) electrons. The maximum absolute atomic E-state index is 12.8. The highest BCUT2D eigenvalue weighted by Crippen LogP contribution is 2.39. The largest absolute Gasteiger partial charge is 0.476 e. The van der Waals surface area contributed by atoms with Crippen molar-refractivity contribution >= 4 is 23.2 Å². The number of nitrogens with one attached hydrogen (secondary N) is 1. The molecule has 3 rings (SSSR count). The van der Waals surface area contributed by atoms with Gasteiger partial charge in [-0.05, 0) is 38.5 Å². The quantitative estimate of drug-likeness (QED) is 0.561. The standard InChI is InChI=1S/C20H24ClF3N6O/c1-12-16(10-30(29-12)19(2,3)25-4)27-18-26-9-15(21)17(28-18)31-11-13-5-7-14(8-6-13)20(22,23)24/h9-10,13-14H,5-8,11H2,1-3H3,(H,26,27,28). The van der Waals surface area contributed by atoms with Crippen LogP contribution < -0.4 is 10.1 Å². The lowest BCUT2D eigenvalue weighted by Gasteiger charge is -2.29. The highest BCUT2D eigenvalue weighted by molar-refractivity contribution is 6.31. The van der Waals surface area contributed by atoms with E-state index in [-0.39, 0.29) is 42.2 Å². The minimum Gasteiger partial charge on any atom is -0.476 e. The van der Waals surface area contributed by atoms with Gasteiger partial charge in [-0.15, -0.1) is 0 Å². The van der Waals surface area contributed by atoms with Crippen molar-refractivity contribution in [2.45, 2.75) is 58.3 Å². The number of ether oxygens (including phenoxy) is 1. The molecule has 2 aromatic rings. The Labute approximate surface area is 183 Å². The van der Waals surface area contributed by atoms with E-state index in [0.717, 1.165) is 0 Å². The van der Waals surface area contributed by atoms with Gasteiger partial charge in [0.25, 0.3) is 0 Å². The average molecular weight is 457 g/mol. The monoisotopic (exact) mass is 456 g/mol. The SMILES string of the molecule is [C-]#[N+]C(C)(C)n1cc(Nc2ncc(Cl)c(OCC3CCC(C(F)(F)F)CC3)n2)c(C)n1. The molecule has 0 atom stereocenters. The van der Waals surface area contributed by atoms with E-state index >= 15 is 0 Å². The average Bonchev–Trinajstić information content (AvgIpc) is 3.09. The number of aromatic nitrogens is 4. The fourth-order valence-corrected chi connectivity index (χ4v) is 3.55. The number of alkyl halides is 3. The van der Waals surface area contributed by atoms with E-state index in [1.165, 1.54) is 6.20 Å². The summed E-state index contributed by atoms with van der Waals surface area (Å²) in [5, 5.41) is 7.62. The van der Waals surface area contributed by atoms with Gasteiger partial charge in [-0.25, -0.2) is 11.6 Å². The van der Waals surface area contributed by atoms with Crippen LogP contribution in [0.1, 0.15) is 45.2 Å². The van der Waals surface area contributed by atoms with Gasteiger partial charge in [0.1, 0.15) is 5.02 Å². The minimum absolute atomic E-state index is 0.0253. The molecule has 168 valence electrons. The van der Waals surface area contributed by atoms with Crippen LogP contribution in [0.25, 0.3) is 4.85 Å². The Morgan fingerprint density at radius 2 is 1.97 bits per heavy atom. The highest BCUT2D eigenvalue weighted by atomic mass is 35.5. The van der Waals surface area contributed by atoms with E-state index in [1.807, 2.05) is 0 Å². The second-order valence-electron chi connectivity index (χ2n) is 8.22. The number of anilines is 2. The number of hydrogen-bond donors (Lipinski definition) is 1. The van der Waals surface area contributed by atoms with Crippen LogP contribution in [0, 0.1) is 25.3 Å². The summed E-state index contributed by atoms with van der Waals surface area (Å²) in [5.74, 6) is -0.788. The van der Waals surface area contributed by atoms with Crippen molar-refractivity contribution in [2.24, 2.45) is 11.8 Å². The van der Waals surface area contributed by atoms with Crippen LogP contribution in [0.3, 0.4) is 0 Å². The summed E-state index contributed by atoms with van der Waals surface area (Å²) in [7, 11) is 0. The normalized spacial score (nSPS) is 19.7. The second kappa shape index (κ2) is 8.91. The van der Waals surface area contributed by atoms with Crippen LogP contribution in [0.15, 0.2) is 12.4 Å². The molecule has 31 heavy (non-hydrogen) atoms. The molecule has 0 aliphatic heterocycles. The van der Waals surface area contributed by atoms with E-state index < -0.39 is 17.8 Å². The van der Waals surface area contributed by atoms with Crippen LogP contribution in [0.2, 0.25) is 5.02 Å². The van der Waals surface area contributed by atoms with Crippen molar-refractivity contribution in [3.05, 3.63) is 34.5 Å². The summed E-state index contributed by atoms with van der Waals surface area (Å²) in [4.78, 5) is 12.0. The van der Waals surface area contributed by atoms with Crippen molar-refractivity contribution in [3.8, 4) is 5.88 Å². The van der Waals surface area contributed by atoms with E-state index in [4.69, 9.17) is 22.9 Å². The lowest BCUT2D eigenvalue weighted by atomic mass is 9.82. The summed E-state index contributed by atoms with van der Waals surface area (Å²) in [6, 6.07) is 0. The van der Waals surface area contributed by atoms with Gasteiger partial charge in [-0.3, -0.25) is 4.85 Å². The van der Waals surface area contributed by atoms with Gasteiger partial charge >= 0.3 is 11.8 Å². The Balaban J connectivity index is 1.63. The molecule has 1 aliphatic carbocycles. The Morgan fingerprint density at radius 1 is 1.29 bits per heavy atom. The molecule has 0 bridgehead atoms. The van der Waals surface area contributed by atoms with Crippen molar-refractivity contribution < 1.29 is 17.9 Å². The first-order valence-corrected chi connectivity index (χ1v) is 10.3. The number of nitrogens with zero attached hydrogens (tertiary/aromatic N) is 5. The topological polar surface area (TPSA) is 69.2 Å². The lowest BCUT2D eigenvalue weighted by molar-refractivity contribution is -0.184. The molecule has 2 heterocycles. The zero-order valence-corrected chi connectivity index (χ0v) is 18.3. The van der Waals surface area contributed by atoms with Crippen LogP contribution in [0.5, 0.6) is 5.88 Å². The van der Waals surface area contributed by atoms with Crippen LogP contribution in [0.4, 0.5) is 24.8 Å². The molecular weight excluding hydrogens is 433 g/mol. The van der Waals surface area contributed by atoms with Gasteiger partial charge in [0.15, 0.2) is 0 Å². The summed E-state index contributed by atoms with van der Waals surface area (Å²) in [6.45, 7) is 12.8. The molecule has 1 aliphatic rings. The molecular formula is C20H24ClF3N6O. The van der Waals surface area contributed by atoms with E-state index in [2.05, 4.69) is 25.2 Å². The van der Waals surface area contributed by atoms with E-state index in [1.54, 1.807) is 31.6 Å². The van der Waals surface area contributed by atoms with Crippen LogP contribution in [-0.2, 0) is 5.66 Å². The van der Waals surface area contributed by atoms with Gasteiger partial charge in [0, 0.05) is 13.8 Å². The molecule has 1 N–H and O–H groups in total. The number of hydrogen-bond acceptors (Lipinski definition) is 5. The summed E-state index contributed by atoms with van der Waals surface area (Å²) >= 11 is 6.14. The van der Waals surface area contributed by atoms with Gasteiger partial charge in [0.2, 0.25) is 11.8 Å². The number of aryl methyl sites for hydroxylation is 1. The predicted octanol–water partition coefficient (Wildman–Crippen LogP) is 5.74. The summed E-state index contributed by atoms with van der Waals surface area (Å²) in [5.41, 5.74) is 0.472. The molecule has 1 fully saturated rings. The van der Waals surface area contributed by atoms with Gasteiger partial charge < -0.3 is 10.1 Å². The Kier molecular flexibility index (Phi) is 6.65. The van der Waals surface area contributed by atoms with Crippen molar-refractivity contribution in [3.63, 3.8) is 0 Å². The van der Waals surface area contributed by atoms with Crippen molar-refractivity contribution in [2.75, 3.05) is 11.9 Å². The molecule has 1 saturated carbocycles. The third kappa shape index (κ3) is 5.58. The summed E-state index contributed by atoms with van der Waals surface area (Å²) < 4.78 is 45.7. The maximum Gasteiger partial charge on any atom is 0.391 e. The fourth-order valence-electron chi connectivity index (χ4n) is 3.40. The number of halogens is 4. The minimum atomic E-state index is -4.13. The second-order valence-corrected chi connectivity index (χ2v) is 8.63. The third-order valence-electron chi connectivity index (χ3n) is 5.46. The fraction of sp³-hybridized carbons (Fsp3) is 0.600. The van der Waals surface area contributed by atoms with E-state index in [9.17, 15) is 13.2 Å². The maximum atomic E-state index is 12.8. The molecule has 0 spiro atoms. The smallest absolute Gasteiger partial charge is 0.391 e. The Hall–Kier alpha value is -2.54. The Bertz CT molecular complexity index is 961. The zero-order chi connectivity index (χ0) is 22.8. The highest BCUT2D eigenvalue weighted by Gasteiger charge is 2.41. The first kappa shape index (κ1) is 23.1. The van der Waals surface area contributed by atoms with E-state index in [0.29, 0.717) is 24.2 Å². The van der Waals surface area contributed by atoms with Gasteiger partial charge in [-0.1, -0.05) is 11.6 Å². The first-order valence-electron chi connectivity index (χ1n) is 9.94. The molecule has 7 nitrogen and oxygen atoms in total. The number of rotatable bonds is 6. The molecule has 0 amide bonds. The molecule has 0 unspecified atom stereocenters.